The van der Waals surface area contributed by atoms with Crippen molar-refractivity contribution < 1.29 is 4.42 Å². The minimum atomic E-state index is -0.183. The van der Waals surface area contributed by atoms with Crippen LogP contribution < -0.4 is 5.56 Å². The van der Waals surface area contributed by atoms with Crippen molar-refractivity contribution in [2.75, 3.05) is 0 Å². The van der Waals surface area contributed by atoms with Crippen molar-refractivity contribution in [1.29, 1.82) is 0 Å². The molecule has 0 radical (unpaired) electrons. The second kappa shape index (κ2) is 4.56. The zero-order valence-corrected chi connectivity index (χ0v) is 10.3. The molecular formula is C13H12N4O2. The van der Waals surface area contributed by atoms with Gasteiger partial charge in [0, 0.05) is 18.0 Å². The summed E-state index contributed by atoms with van der Waals surface area (Å²) in [6.45, 7) is 1.95. The van der Waals surface area contributed by atoms with Gasteiger partial charge in [0.15, 0.2) is 5.76 Å². The summed E-state index contributed by atoms with van der Waals surface area (Å²) in [5.74, 6) is 1.08. The van der Waals surface area contributed by atoms with Gasteiger partial charge in [0.1, 0.15) is 5.69 Å². The number of aromatic amines is 1. The number of hydrogen-bond donors (Lipinski definition) is 1. The van der Waals surface area contributed by atoms with E-state index in [1.54, 1.807) is 24.6 Å². The Bertz CT molecular complexity index is 740. The molecule has 0 aromatic carbocycles. The molecule has 0 fully saturated rings. The van der Waals surface area contributed by atoms with Crippen molar-refractivity contribution in [3.63, 3.8) is 0 Å². The Morgan fingerprint density at radius 2 is 2.32 bits per heavy atom. The highest BCUT2D eigenvalue weighted by Crippen LogP contribution is 2.17. The molecule has 6 nitrogen and oxygen atoms in total. The average molecular weight is 256 g/mol. The van der Waals surface area contributed by atoms with Gasteiger partial charge in [-0.2, -0.15) is 5.10 Å². The van der Waals surface area contributed by atoms with E-state index in [0.717, 1.165) is 5.69 Å². The normalized spacial score (nSPS) is 10.8. The van der Waals surface area contributed by atoms with Crippen LogP contribution in [0.5, 0.6) is 0 Å². The van der Waals surface area contributed by atoms with E-state index in [0.29, 0.717) is 23.8 Å². The van der Waals surface area contributed by atoms with E-state index < -0.39 is 0 Å². The van der Waals surface area contributed by atoms with Crippen molar-refractivity contribution in [1.82, 2.24) is 19.7 Å². The minimum Gasteiger partial charge on any atom is -0.463 e. The lowest BCUT2D eigenvalue weighted by Crippen LogP contribution is -2.14. The van der Waals surface area contributed by atoms with Crippen molar-refractivity contribution in [2.24, 2.45) is 0 Å². The van der Waals surface area contributed by atoms with Crippen LogP contribution in [0.4, 0.5) is 0 Å². The number of furan rings is 1. The summed E-state index contributed by atoms with van der Waals surface area (Å²) in [6, 6.07) is 6.91. The molecule has 3 aromatic rings. The highest BCUT2D eigenvalue weighted by atomic mass is 16.3. The Balaban J connectivity index is 2.03. The van der Waals surface area contributed by atoms with Crippen LogP contribution in [-0.4, -0.2) is 19.7 Å². The number of H-pyrrole nitrogens is 1. The molecule has 0 saturated carbocycles. The van der Waals surface area contributed by atoms with E-state index in [4.69, 9.17) is 4.42 Å². The lowest BCUT2D eigenvalue weighted by molar-refractivity contribution is 0.578. The van der Waals surface area contributed by atoms with Crippen molar-refractivity contribution in [3.05, 3.63) is 52.8 Å². The molecule has 0 bridgehead atoms. The molecule has 3 aromatic heterocycles. The van der Waals surface area contributed by atoms with Gasteiger partial charge in [-0.1, -0.05) is 6.92 Å². The van der Waals surface area contributed by atoms with Crippen molar-refractivity contribution in [2.45, 2.75) is 13.3 Å². The minimum absolute atomic E-state index is 0.183. The second-order valence-corrected chi connectivity index (χ2v) is 4.04. The fourth-order valence-corrected chi connectivity index (χ4v) is 1.78. The van der Waals surface area contributed by atoms with Gasteiger partial charge in [-0.3, -0.25) is 9.78 Å². The summed E-state index contributed by atoms with van der Waals surface area (Å²) in [6.07, 6.45) is 4.02. The zero-order chi connectivity index (χ0) is 13.2. The maximum Gasteiger partial charge on any atom is 0.252 e. The van der Waals surface area contributed by atoms with E-state index >= 15 is 0 Å². The van der Waals surface area contributed by atoms with Crippen LogP contribution >= 0.6 is 0 Å². The quantitative estimate of drug-likeness (QED) is 0.774. The van der Waals surface area contributed by atoms with Crippen molar-refractivity contribution in [3.8, 4) is 17.4 Å². The first-order chi connectivity index (χ1) is 9.26. The molecule has 3 heterocycles. The Morgan fingerprint density at radius 1 is 1.42 bits per heavy atom. The van der Waals surface area contributed by atoms with Crippen LogP contribution in [-0.2, 0) is 6.42 Å². The fourth-order valence-electron chi connectivity index (χ4n) is 1.78. The van der Waals surface area contributed by atoms with Gasteiger partial charge in [-0.05, 0) is 24.6 Å². The van der Waals surface area contributed by atoms with Crippen LogP contribution in [0.25, 0.3) is 17.4 Å². The number of aryl methyl sites for hydroxylation is 1. The van der Waals surface area contributed by atoms with Gasteiger partial charge >= 0.3 is 0 Å². The number of nitrogens with one attached hydrogen (secondary N) is 1. The molecule has 0 amide bonds. The monoisotopic (exact) mass is 256 g/mol. The van der Waals surface area contributed by atoms with Crippen LogP contribution in [0.1, 0.15) is 12.6 Å². The number of nitrogens with zero attached hydrogens (tertiary/aromatic N) is 3. The van der Waals surface area contributed by atoms with E-state index in [1.165, 1.54) is 10.7 Å². The zero-order valence-electron chi connectivity index (χ0n) is 10.3. The first-order valence-corrected chi connectivity index (χ1v) is 5.96. The highest BCUT2D eigenvalue weighted by molar-refractivity contribution is 5.51. The topological polar surface area (TPSA) is 76.7 Å². The molecule has 0 saturated heterocycles. The summed E-state index contributed by atoms with van der Waals surface area (Å²) in [5, 5.41) is 4.33. The van der Waals surface area contributed by atoms with Gasteiger partial charge in [0.25, 0.3) is 5.56 Å². The molecule has 0 aliphatic heterocycles. The standard InChI is InChI=1S/C13H12N4O2/c1-2-9-8-12(18)15-13(14-9)17-6-5-10(16-17)11-4-3-7-19-11/h3-8H,2H2,1H3,(H,14,15,18). The maximum atomic E-state index is 11.5. The van der Waals surface area contributed by atoms with E-state index in [-0.39, 0.29) is 5.56 Å². The van der Waals surface area contributed by atoms with Gasteiger partial charge in [0.05, 0.1) is 6.26 Å². The third-order valence-electron chi connectivity index (χ3n) is 2.72. The van der Waals surface area contributed by atoms with Gasteiger partial charge < -0.3 is 4.42 Å². The summed E-state index contributed by atoms with van der Waals surface area (Å²) in [5.41, 5.74) is 1.24. The largest absolute Gasteiger partial charge is 0.463 e. The molecule has 6 heteroatoms. The Hall–Kier alpha value is -2.63. The summed E-state index contributed by atoms with van der Waals surface area (Å²) < 4.78 is 6.80. The molecule has 0 atom stereocenters. The molecule has 19 heavy (non-hydrogen) atoms. The van der Waals surface area contributed by atoms with Gasteiger partial charge in [-0.15, -0.1) is 0 Å². The third-order valence-corrected chi connectivity index (χ3v) is 2.72. The summed E-state index contributed by atoms with van der Waals surface area (Å²) >= 11 is 0. The number of aromatic nitrogens is 4. The molecule has 96 valence electrons. The van der Waals surface area contributed by atoms with E-state index in [2.05, 4.69) is 15.1 Å². The molecule has 0 aliphatic carbocycles. The molecule has 0 unspecified atom stereocenters. The highest BCUT2D eigenvalue weighted by Gasteiger charge is 2.08. The third kappa shape index (κ3) is 2.20. The molecular weight excluding hydrogens is 244 g/mol. The van der Waals surface area contributed by atoms with Crippen LogP contribution in [0.2, 0.25) is 0 Å². The van der Waals surface area contributed by atoms with Gasteiger partial charge in [0.2, 0.25) is 5.95 Å². The lowest BCUT2D eigenvalue weighted by atomic mass is 10.3. The average Bonchev–Trinajstić information content (AvgIpc) is 3.08. The maximum absolute atomic E-state index is 11.5. The Kier molecular flexibility index (Phi) is 2.75. The van der Waals surface area contributed by atoms with Crippen LogP contribution in [0.15, 0.2) is 45.9 Å². The summed E-state index contributed by atoms with van der Waals surface area (Å²) in [7, 11) is 0. The van der Waals surface area contributed by atoms with Crippen molar-refractivity contribution >= 4 is 0 Å². The number of hydrogen-bond acceptors (Lipinski definition) is 4. The summed E-state index contributed by atoms with van der Waals surface area (Å²) in [4.78, 5) is 18.5. The molecule has 1 N–H and O–H groups in total. The van der Waals surface area contributed by atoms with E-state index in [1.807, 2.05) is 13.0 Å². The fraction of sp³-hybridized carbons (Fsp3) is 0.154. The SMILES string of the molecule is CCc1cc(=O)[nH]c(-n2ccc(-c3ccco3)n2)n1. The second-order valence-electron chi connectivity index (χ2n) is 4.04. The number of rotatable bonds is 3. The van der Waals surface area contributed by atoms with Gasteiger partial charge in [-0.25, -0.2) is 9.67 Å². The van der Waals surface area contributed by atoms with Crippen LogP contribution in [0, 0.1) is 0 Å². The predicted molar refractivity (Wildman–Crippen MR) is 69.1 cm³/mol. The first-order valence-electron chi connectivity index (χ1n) is 5.96. The molecule has 3 rings (SSSR count). The molecule has 0 aliphatic rings. The lowest BCUT2D eigenvalue weighted by Gasteiger charge is -2.01. The van der Waals surface area contributed by atoms with E-state index in [9.17, 15) is 4.79 Å². The molecule has 0 spiro atoms. The van der Waals surface area contributed by atoms with Crippen LogP contribution in [0.3, 0.4) is 0 Å². The Morgan fingerprint density at radius 3 is 3.05 bits per heavy atom. The smallest absolute Gasteiger partial charge is 0.252 e. The Labute approximate surface area is 108 Å². The predicted octanol–water partition coefficient (Wildman–Crippen LogP) is 1.78. The first kappa shape index (κ1) is 11.5.